The minimum absolute atomic E-state index is 0.0401. The number of nitrogens with one attached hydrogen (secondary N) is 2. The number of rotatable bonds is 5. The summed E-state index contributed by atoms with van der Waals surface area (Å²) in [5.41, 5.74) is 0.657. The highest BCUT2D eigenvalue weighted by Gasteiger charge is 2.68. The number of carbonyl (C=O) groups is 2. The summed E-state index contributed by atoms with van der Waals surface area (Å²) in [5.74, 6) is 0.491. The number of ether oxygens (including phenoxy) is 1. The number of hydrogen-bond acceptors (Lipinski definition) is 3. The monoisotopic (exact) mass is 402 g/mol. The highest BCUT2D eigenvalue weighted by molar-refractivity contribution is 5.94. The molecule has 1 heterocycles. The molecular weight excluding hydrogens is 371 g/mol. The molecule has 1 aromatic rings. The van der Waals surface area contributed by atoms with Crippen molar-refractivity contribution in [3.63, 3.8) is 0 Å². The van der Waals surface area contributed by atoms with E-state index in [9.17, 15) is 14.0 Å². The van der Waals surface area contributed by atoms with Crippen LogP contribution in [0.3, 0.4) is 0 Å². The van der Waals surface area contributed by atoms with Crippen LogP contribution in [0.25, 0.3) is 0 Å². The van der Waals surface area contributed by atoms with Crippen LogP contribution < -0.4 is 10.6 Å². The largest absolute Gasteiger partial charge is 0.378 e. The number of halogens is 1. The number of fused-ring (bicyclic) bond motifs is 1. The second-order valence-corrected chi connectivity index (χ2v) is 9.64. The molecule has 1 spiro atoms. The maximum atomic E-state index is 13.0. The lowest BCUT2D eigenvalue weighted by Crippen LogP contribution is -2.60. The second kappa shape index (κ2) is 7.38. The lowest BCUT2D eigenvalue weighted by molar-refractivity contribution is -0.135. The van der Waals surface area contributed by atoms with Crippen molar-refractivity contribution >= 4 is 11.8 Å². The quantitative estimate of drug-likeness (QED) is 0.794. The van der Waals surface area contributed by atoms with Gasteiger partial charge in [-0.05, 0) is 72.6 Å². The molecule has 1 aliphatic heterocycles. The average molecular weight is 403 g/mol. The van der Waals surface area contributed by atoms with Crippen molar-refractivity contribution < 1.29 is 18.7 Å². The van der Waals surface area contributed by atoms with Crippen LogP contribution in [-0.2, 0) is 9.53 Å². The zero-order valence-corrected chi connectivity index (χ0v) is 17.5. The molecule has 2 aliphatic carbocycles. The fourth-order valence-corrected chi connectivity index (χ4v) is 6.43. The number of hydrogen-bond donors (Lipinski definition) is 2. The molecule has 6 heteroatoms. The lowest BCUT2D eigenvalue weighted by atomic mass is 9.59. The van der Waals surface area contributed by atoms with Gasteiger partial charge < -0.3 is 15.4 Å². The van der Waals surface area contributed by atoms with E-state index >= 15 is 0 Å². The van der Waals surface area contributed by atoms with Crippen LogP contribution in [-0.4, -0.2) is 37.1 Å². The van der Waals surface area contributed by atoms with E-state index in [0.29, 0.717) is 30.6 Å². The molecular formula is C23H31FN2O3. The fraction of sp³-hybridized carbons (Fsp3) is 0.652. The molecule has 2 amide bonds. The van der Waals surface area contributed by atoms with Gasteiger partial charge in [-0.3, -0.25) is 9.59 Å². The minimum Gasteiger partial charge on any atom is -0.378 e. The molecule has 3 fully saturated rings. The van der Waals surface area contributed by atoms with Gasteiger partial charge in [-0.1, -0.05) is 13.8 Å². The zero-order chi connectivity index (χ0) is 20.8. The predicted octanol–water partition coefficient (Wildman–Crippen LogP) is 3.29. The molecule has 5 atom stereocenters. The van der Waals surface area contributed by atoms with E-state index < -0.39 is 0 Å². The van der Waals surface area contributed by atoms with Gasteiger partial charge in [-0.2, -0.15) is 0 Å². The van der Waals surface area contributed by atoms with Crippen molar-refractivity contribution in [3.8, 4) is 0 Å². The first-order valence-electron chi connectivity index (χ1n) is 10.7. The second-order valence-electron chi connectivity index (χ2n) is 9.64. The summed E-state index contributed by atoms with van der Waals surface area (Å²) < 4.78 is 19.2. The third kappa shape index (κ3) is 3.45. The molecule has 2 bridgehead atoms. The maximum Gasteiger partial charge on any atom is 0.251 e. The Hall–Kier alpha value is -1.95. The highest BCUT2D eigenvalue weighted by atomic mass is 19.1. The van der Waals surface area contributed by atoms with E-state index in [1.165, 1.54) is 24.3 Å². The van der Waals surface area contributed by atoms with E-state index in [-0.39, 0.29) is 40.6 Å². The molecule has 1 saturated heterocycles. The van der Waals surface area contributed by atoms with E-state index in [1.807, 2.05) is 0 Å². The molecule has 3 aliphatic rings. The SMILES string of the molecule is CC(=O)N[C@H]1C(C)(C)[C@@H]2C[C@@H]3[C@@H](CCNC(=O)c4ccc(F)cc4)OCCC31C2. The Kier molecular flexibility index (Phi) is 5.18. The lowest BCUT2D eigenvalue weighted by Gasteiger charge is -2.53. The van der Waals surface area contributed by atoms with Crippen LogP contribution >= 0.6 is 0 Å². The summed E-state index contributed by atoms with van der Waals surface area (Å²) in [6.45, 7) is 7.40. The molecule has 2 N–H and O–H groups in total. The van der Waals surface area contributed by atoms with Crippen molar-refractivity contribution in [3.05, 3.63) is 35.6 Å². The van der Waals surface area contributed by atoms with Gasteiger partial charge in [0, 0.05) is 31.7 Å². The van der Waals surface area contributed by atoms with Crippen molar-refractivity contribution in [2.45, 2.75) is 58.6 Å². The van der Waals surface area contributed by atoms with E-state index in [4.69, 9.17) is 4.74 Å². The van der Waals surface area contributed by atoms with Crippen molar-refractivity contribution in [2.24, 2.45) is 22.7 Å². The summed E-state index contributed by atoms with van der Waals surface area (Å²) in [7, 11) is 0. The Labute approximate surface area is 171 Å². The van der Waals surface area contributed by atoms with E-state index in [1.54, 1.807) is 6.92 Å². The third-order valence-corrected chi connectivity index (χ3v) is 7.79. The van der Waals surface area contributed by atoms with Gasteiger partial charge in [0.05, 0.1) is 6.10 Å². The molecule has 1 aromatic carbocycles. The molecule has 5 nitrogen and oxygen atoms in total. The smallest absolute Gasteiger partial charge is 0.251 e. The fourth-order valence-electron chi connectivity index (χ4n) is 6.43. The van der Waals surface area contributed by atoms with Crippen LogP contribution in [0.1, 0.15) is 56.8 Å². The average Bonchev–Trinajstić information content (AvgIpc) is 3.15. The van der Waals surface area contributed by atoms with Gasteiger partial charge in [-0.15, -0.1) is 0 Å². The Balaban J connectivity index is 1.41. The first kappa shape index (κ1) is 20.3. The molecule has 0 aromatic heterocycles. The maximum absolute atomic E-state index is 13.0. The van der Waals surface area contributed by atoms with Crippen LogP contribution in [0, 0.1) is 28.5 Å². The van der Waals surface area contributed by atoms with Gasteiger partial charge in [0.1, 0.15) is 5.82 Å². The molecule has 0 radical (unpaired) electrons. The Morgan fingerprint density at radius 1 is 1.24 bits per heavy atom. The summed E-state index contributed by atoms with van der Waals surface area (Å²) in [6, 6.07) is 5.75. The Morgan fingerprint density at radius 2 is 1.97 bits per heavy atom. The molecule has 1 unspecified atom stereocenters. The van der Waals surface area contributed by atoms with Crippen molar-refractivity contribution in [2.75, 3.05) is 13.2 Å². The van der Waals surface area contributed by atoms with Crippen LogP contribution in [0.5, 0.6) is 0 Å². The third-order valence-electron chi connectivity index (χ3n) is 7.79. The summed E-state index contributed by atoms with van der Waals surface area (Å²) >= 11 is 0. The van der Waals surface area contributed by atoms with E-state index in [2.05, 4.69) is 24.5 Å². The topological polar surface area (TPSA) is 67.4 Å². The number of benzene rings is 1. The normalized spacial score (nSPS) is 34.5. The van der Waals surface area contributed by atoms with Crippen LogP contribution in [0.2, 0.25) is 0 Å². The minimum atomic E-state index is -0.351. The molecule has 158 valence electrons. The molecule has 4 rings (SSSR count). The predicted molar refractivity (Wildman–Crippen MR) is 108 cm³/mol. The van der Waals surface area contributed by atoms with Gasteiger partial charge in [0.25, 0.3) is 5.91 Å². The van der Waals surface area contributed by atoms with Crippen molar-refractivity contribution in [1.29, 1.82) is 0 Å². The highest BCUT2D eigenvalue weighted by Crippen LogP contribution is 2.68. The van der Waals surface area contributed by atoms with E-state index in [0.717, 1.165) is 25.7 Å². The zero-order valence-electron chi connectivity index (χ0n) is 17.5. The standard InChI is InChI=1S/C23H31FN2O3/c1-14(27)26-21-22(2,3)16-12-18-19(29-11-9-23(18,21)13-16)8-10-25-20(28)15-4-6-17(24)7-5-15/h4-7,16,18-19,21H,8-13H2,1-3H3,(H,25,28)(H,26,27)/t16-,18-,19-,21+,23?/m1/s1. The van der Waals surface area contributed by atoms with Crippen molar-refractivity contribution in [1.82, 2.24) is 10.6 Å². The van der Waals surface area contributed by atoms with Crippen LogP contribution in [0.4, 0.5) is 4.39 Å². The van der Waals surface area contributed by atoms with Gasteiger partial charge in [-0.25, -0.2) is 4.39 Å². The van der Waals surface area contributed by atoms with Gasteiger partial charge in [0.15, 0.2) is 0 Å². The first-order chi connectivity index (χ1) is 13.7. The summed E-state index contributed by atoms with van der Waals surface area (Å²) in [6.07, 6.45) is 4.10. The number of carbonyl (C=O) groups excluding carboxylic acids is 2. The summed E-state index contributed by atoms with van der Waals surface area (Å²) in [5, 5.41) is 6.22. The first-order valence-corrected chi connectivity index (χ1v) is 10.7. The molecule has 29 heavy (non-hydrogen) atoms. The Bertz CT molecular complexity index is 794. The number of amides is 2. The van der Waals surface area contributed by atoms with Gasteiger partial charge >= 0.3 is 0 Å². The van der Waals surface area contributed by atoms with Crippen LogP contribution in [0.15, 0.2) is 24.3 Å². The molecule has 2 saturated carbocycles. The Morgan fingerprint density at radius 3 is 2.66 bits per heavy atom. The summed E-state index contributed by atoms with van der Waals surface area (Å²) in [4.78, 5) is 24.2. The van der Waals surface area contributed by atoms with Gasteiger partial charge in [0.2, 0.25) is 5.91 Å².